The second-order valence-corrected chi connectivity index (χ2v) is 2.56. The molecular weight excluding hydrogens is 170 g/mol. The van der Waals surface area contributed by atoms with Crippen LogP contribution in [-0.2, 0) is 4.84 Å². The van der Waals surface area contributed by atoms with E-state index in [1.54, 1.807) is 0 Å². The van der Waals surface area contributed by atoms with Gasteiger partial charge in [0.2, 0.25) is 0 Å². The highest BCUT2D eigenvalue weighted by Gasteiger charge is 2.15. The minimum Gasteiger partial charge on any atom is -0.391 e. The Balaban J connectivity index is 2.32. The Morgan fingerprint density at radius 1 is 2.00 bits per heavy atom. The fourth-order valence-corrected chi connectivity index (χ4v) is 0.998. The molecular formula is C5H8BrNO. The number of rotatable bonds is 1. The first-order valence-electron chi connectivity index (χ1n) is 2.58. The summed E-state index contributed by atoms with van der Waals surface area (Å²) in [6.07, 6.45) is 1.26. The zero-order chi connectivity index (χ0) is 5.98. The Bertz CT molecular complexity index is 113. The van der Waals surface area contributed by atoms with Crippen LogP contribution in [0.5, 0.6) is 0 Å². The Labute approximate surface area is 57.0 Å². The molecule has 0 aromatic carbocycles. The molecule has 1 atom stereocenters. The highest BCUT2D eigenvalue weighted by atomic mass is 79.9. The Kier molecular flexibility index (Phi) is 1.89. The van der Waals surface area contributed by atoms with E-state index in [0.717, 1.165) is 17.5 Å². The van der Waals surface area contributed by atoms with E-state index in [2.05, 4.69) is 21.1 Å². The smallest absolute Gasteiger partial charge is 0.142 e. The minimum atomic E-state index is 0.287. The lowest BCUT2D eigenvalue weighted by Gasteiger charge is -1.99. The molecule has 1 aliphatic heterocycles. The average molecular weight is 178 g/mol. The Hall–Kier alpha value is -0.0500. The predicted octanol–water partition coefficient (Wildman–Crippen LogP) is 1.55. The molecule has 0 amide bonds. The number of halogens is 1. The van der Waals surface area contributed by atoms with Crippen molar-refractivity contribution in [3.63, 3.8) is 0 Å². The molecule has 0 spiro atoms. The summed E-state index contributed by atoms with van der Waals surface area (Å²) in [6, 6.07) is 0. The van der Waals surface area contributed by atoms with Gasteiger partial charge < -0.3 is 4.84 Å². The largest absolute Gasteiger partial charge is 0.391 e. The molecule has 1 rings (SSSR count). The standard InChI is InChI=1S/C5H8BrNO/c1-4-2-5(3-6)8-7-4/h5H,2-3H2,1H3/t5-/m0/s1. The fourth-order valence-electron chi connectivity index (χ4n) is 0.651. The highest BCUT2D eigenvalue weighted by Crippen LogP contribution is 2.11. The molecule has 0 radical (unpaired) electrons. The van der Waals surface area contributed by atoms with E-state index in [1.165, 1.54) is 0 Å². The summed E-state index contributed by atoms with van der Waals surface area (Å²) >= 11 is 3.31. The Morgan fingerprint density at radius 3 is 3.00 bits per heavy atom. The lowest BCUT2D eigenvalue weighted by atomic mass is 10.2. The first-order chi connectivity index (χ1) is 3.83. The van der Waals surface area contributed by atoms with Crippen LogP contribution in [0.2, 0.25) is 0 Å². The third-order valence-electron chi connectivity index (χ3n) is 1.05. The van der Waals surface area contributed by atoms with Crippen molar-refractivity contribution in [2.45, 2.75) is 19.4 Å². The predicted molar refractivity (Wildman–Crippen MR) is 36.4 cm³/mol. The summed E-state index contributed by atoms with van der Waals surface area (Å²) < 4.78 is 0. The van der Waals surface area contributed by atoms with Crippen molar-refractivity contribution in [1.29, 1.82) is 0 Å². The van der Waals surface area contributed by atoms with Crippen molar-refractivity contribution in [1.82, 2.24) is 0 Å². The van der Waals surface area contributed by atoms with Gasteiger partial charge >= 0.3 is 0 Å². The molecule has 0 unspecified atom stereocenters. The first kappa shape index (κ1) is 6.08. The molecule has 0 aromatic heterocycles. The first-order valence-corrected chi connectivity index (χ1v) is 3.70. The number of hydrogen-bond acceptors (Lipinski definition) is 2. The molecule has 0 aliphatic carbocycles. The molecule has 0 bridgehead atoms. The molecule has 0 saturated heterocycles. The monoisotopic (exact) mass is 177 g/mol. The summed E-state index contributed by atoms with van der Waals surface area (Å²) in [6.45, 7) is 1.97. The van der Waals surface area contributed by atoms with Crippen LogP contribution in [0, 0.1) is 0 Å². The van der Waals surface area contributed by atoms with E-state index in [-0.39, 0.29) is 6.10 Å². The molecule has 1 aliphatic rings. The van der Waals surface area contributed by atoms with Gasteiger partial charge in [0.25, 0.3) is 0 Å². The average Bonchev–Trinajstić information content (AvgIpc) is 2.14. The van der Waals surface area contributed by atoms with Crippen LogP contribution in [0.4, 0.5) is 0 Å². The molecule has 0 saturated carbocycles. The molecule has 46 valence electrons. The molecule has 0 aromatic rings. The zero-order valence-corrected chi connectivity index (χ0v) is 6.31. The molecule has 0 fully saturated rings. The van der Waals surface area contributed by atoms with E-state index < -0.39 is 0 Å². The second kappa shape index (κ2) is 2.49. The van der Waals surface area contributed by atoms with Gasteiger partial charge in [0.05, 0.1) is 5.71 Å². The van der Waals surface area contributed by atoms with E-state index in [4.69, 9.17) is 4.84 Å². The highest BCUT2D eigenvalue weighted by molar-refractivity contribution is 9.09. The van der Waals surface area contributed by atoms with Gasteiger partial charge in [-0.1, -0.05) is 21.1 Å². The fraction of sp³-hybridized carbons (Fsp3) is 0.800. The third-order valence-corrected chi connectivity index (χ3v) is 1.77. The van der Waals surface area contributed by atoms with Gasteiger partial charge in [-0.05, 0) is 6.92 Å². The van der Waals surface area contributed by atoms with Crippen molar-refractivity contribution in [2.75, 3.05) is 5.33 Å². The van der Waals surface area contributed by atoms with Crippen molar-refractivity contribution < 1.29 is 4.84 Å². The molecule has 1 heterocycles. The maximum absolute atomic E-state index is 4.96. The summed E-state index contributed by atoms with van der Waals surface area (Å²) in [7, 11) is 0. The third kappa shape index (κ3) is 1.22. The zero-order valence-electron chi connectivity index (χ0n) is 4.72. The second-order valence-electron chi connectivity index (χ2n) is 1.91. The summed E-state index contributed by atoms with van der Waals surface area (Å²) in [5.41, 5.74) is 1.09. The minimum absolute atomic E-state index is 0.287. The van der Waals surface area contributed by atoms with Crippen molar-refractivity contribution in [2.24, 2.45) is 5.16 Å². The van der Waals surface area contributed by atoms with Gasteiger partial charge in [0, 0.05) is 11.8 Å². The van der Waals surface area contributed by atoms with Crippen molar-refractivity contribution >= 4 is 21.6 Å². The van der Waals surface area contributed by atoms with Gasteiger partial charge in [-0.25, -0.2) is 0 Å². The van der Waals surface area contributed by atoms with E-state index in [0.29, 0.717) is 0 Å². The number of alkyl halides is 1. The quantitative estimate of drug-likeness (QED) is 0.558. The van der Waals surface area contributed by atoms with Gasteiger partial charge in [-0.3, -0.25) is 0 Å². The summed E-state index contributed by atoms with van der Waals surface area (Å²) in [4.78, 5) is 4.96. The van der Waals surface area contributed by atoms with E-state index in [9.17, 15) is 0 Å². The van der Waals surface area contributed by atoms with Crippen LogP contribution >= 0.6 is 15.9 Å². The molecule has 8 heavy (non-hydrogen) atoms. The van der Waals surface area contributed by atoms with Crippen LogP contribution in [0.25, 0.3) is 0 Å². The van der Waals surface area contributed by atoms with Crippen LogP contribution in [0.3, 0.4) is 0 Å². The van der Waals surface area contributed by atoms with Crippen molar-refractivity contribution in [3.05, 3.63) is 0 Å². The van der Waals surface area contributed by atoms with Gasteiger partial charge in [0.15, 0.2) is 0 Å². The number of oxime groups is 1. The van der Waals surface area contributed by atoms with Crippen molar-refractivity contribution in [3.8, 4) is 0 Å². The summed E-state index contributed by atoms with van der Waals surface area (Å²) in [5.74, 6) is 0. The molecule has 3 heteroatoms. The topological polar surface area (TPSA) is 21.6 Å². The summed E-state index contributed by atoms with van der Waals surface area (Å²) in [5, 5.41) is 4.66. The van der Waals surface area contributed by atoms with E-state index in [1.807, 2.05) is 6.92 Å². The normalized spacial score (nSPS) is 27.2. The van der Waals surface area contributed by atoms with Crippen LogP contribution in [0.15, 0.2) is 5.16 Å². The maximum atomic E-state index is 4.96. The lowest BCUT2D eigenvalue weighted by Crippen LogP contribution is -2.06. The van der Waals surface area contributed by atoms with Crippen LogP contribution < -0.4 is 0 Å². The molecule has 2 nitrogen and oxygen atoms in total. The van der Waals surface area contributed by atoms with E-state index >= 15 is 0 Å². The van der Waals surface area contributed by atoms with Gasteiger partial charge in [0.1, 0.15) is 6.10 Å². The van der Waals surface area contributed by atoms with Crippen LogP contribution in [0.1, 0.15) is 13.3 Å². The van der Waals surface area contributed by atoms with Gasteiger partial charge in [-0.2, -0.15) is 0 Å². The molecule has 0 N–H and O–H groups in total. The lowest BCUT2D eigenvalue weighted by molar-refractivity contribution is 0.104. The SMILES string of the molecule is CC1=NO[C@H](CBr)C1. The number of nitrogens with zero attached hydrogens (tertiary/aromatic N) is 1. The Morgan fingerprint density at radius 2 is 2.75 bits per heavy atom. The van der Waals surface area contributed by atoms with Crippen LogP contribution in [-0.4, -0.2) is 17.1 Å². The number of hydrogen-bond donors (Lipinski definition) is 0. The van der Waals surface area contributed by atoms with Gasteiger partial charge in [-0.15, -0.1) is 0 Å². The maximum Gasteiger partial charge on any atom is 0.142 e.